The van der Waals surface area contributed by atoms with E-state index in [1.54, 1.807) is 0 Å². The number of nitrogen functional groups attached to an aromatic ring is 1. The van der Waals surface area contributed by atoms with Gasteiger partial charge in [0.2, 0.25) is 0 Å². The SMILES string of the molecule is Nc1cc(CCC(=O)O)cc(-c2ccc3[nH]ccc3c2)c1OC1Cc2ccccc2C1. The number of carboxylic acids is 1. The lowest BCUT2D eigenvalue weighted by Gasteiger charge is -2.20. The van der Waals surface area contributed by atoms with E-state index in [1.807, 2.05) is 36.5 Å². The molecule has 0 amide bonds. The van der Waals surface area contributed by atoms with Gasteiger partial charge in [0.05, 0.1) is 5.69 Å². The zero-order valence-electron chi connectivity index (χ0n) is 17.1. The second-order valence-corrected chi connectivity index (χ2v) is 8.15. The molecular formula is C26H24N2O3. The van der Waals surface area contributed by atoms with Crippen molar-refractivity contribution in [2.45, 2.75) is 31.8 Å². The zero-order valence-corrected chi connectivity index (χ0v) is 17.1. The molecule has 0 spiro atoms. The number of nitrogens with one attached hydrogen (secondary N) is 1. The number of aryl methyl sites for hydroxylation is 1. The number of fused-ring (bicyclic) bond motifs is 2. The fourth-order valence-corrected chi connectivity index (χ4v) is 4.44. The van der Waals surface area contributed by atoms with Crippen molar-refractivity contribution in [3.63, 3.8) is 0 Å². The average Bonchev–Trinajstić information content (AvgIpc) is 3.39. The molecule has 0 saturated carbocycles. The average molecular weight is 412 g/mol. The standard InChI is InChI=1S/C26H24N2O3/c27-23-12-16(5-8-25(29)30)11-22(19-6-7-24-20(13-19)9-10-28-24)26(23)31-21-14-17-3-1-2-4-18(17)15-21/h1-4,6-7,9-13,21,28H,5,8,14-15,27H2,(H,29,30). The van der Waals surface area contributed by atoms with Crippen molar-refractivity contribution in [2.75, 3.05) is 5.73 Å². The Balaban J connectivity index is 1.53. The summed E-state index contributed by atoms with van der Waals surface area (Å²) >= 11 is 0. The Hall–Kier alpha value is -3.73. The van der Waals surface area contributed by atoms with Gasteiger partial charge in [0.15, 0.2) is 0 Å². The maximum Gasteiger partial charge on any atom is 0.303 e. The molecule has 0 radical (unpaired) electrons. The monoisotopic (exact) mass is 412 g/mol. The van der Waals surface area contributed by atoms with Crippen LogP contribution in [0.4, 0.5) is 5.69 Å². The molecule has 0 atom stereocenters. The molecule has 0 bridgehead atoms. The van der Waals surface area contributed by atoms with Crippen molar-refractivity contribution in [3.8, 4) is 16.9 Å². The minimum absolute atomic E-state index is 0.0271. The number of benzene rings is 3. The van der Waals surface area contributed by atoms with Crippen molar-refractivity contribution >= 4 is 22.6 Å². The normalized spacial score (nSPS) is 13.4. The number of hydrogen-bond acceptors (Lipinski definition) is 3. The molecule has 5 heteroatoms. The zero-order chi connectivity index (χ0) is 21.4. The Bertz CT molecular complexity index is 1250. The number of aromatic amines is 1. The first-order valence-corrected chi connectivity index (χ1v) is 10.5. The van der Waals surface area contributed by atoms with Crippen LogP contribution in [0.3, 0.4) is 0 Å². The van der Waals surface area contributed by atoms with Crippen LogP contribution in [0.25, 0.3) is 22.0 Å². The predicted molar refractivity (Wildman–Crippen MR) is 122 cm³/mol. The van der Waals surface area contributed by atoms with Crippen LogP contribution >= 0.6 is 0 Å². The Labute approximate surface area is 180 Å². The van der Waals surface area contributed by atoms with Gasteiger partial charge in [-0.15, -0.1) is 0 Å². The smallest absolute Gasteiger partial charge is 0.303 e. The summed E-state index contributed by atoms with van der Waals surface area (Å²) in [5.74, 6) is -0.148. The summed E-state index contributed by atoms with van der Waals surface area (Å²) in [6.07, 6.45) is 4.14. The van der Waals surface area contributed by atoms with E-state index in [4.69, 9.17) is 15.6 Å². The number of carbonyl (C=O) groups is 1. The van der Waals surface area contributed by atoms with Crippen molar-refractivity contribution in [3.05, 3.63) is 83.6 Å². The molecule has 31 heavy (non-hydrogen) atoms. The maximum absolute atomic E-state index is 11.1. The van der Waals surface area contributed by atoms with E-state index in [9.17, 15) is 4.79 Å². The number of carboxylic acid groups (broad SMARTS) is 1. The lowest BCUT2D eigenvalue weighted by molar-refractivity contribution is -0.136. The molecule has 156 valence electrons. The summed E-state index contributed by atoms with van der Waals surface area (Å²) in [6.45, 7) is 0. The van der Waals surface area contributed by atoms with Crippen LogP contribution in [-0.2, 0) is 24.1 Å². The summed E-state index contributed by atoms with van der Waals surface area (Å²) in [7, 11) is 0. The topological polar surface area (TPSA) is 88.3 Å². The van der Waals surface area contributed by atoms with Crippen LogP contribution in [0.15, 0.2) is 66.9 Å². The Morgan fingerprint density at radius 2 is 1.84 bits per heavy atom. The molecule has 4 aromatic rings. The molecule has 1 aliphatic carbocycles. The van der Waals surface area contributed by atoms with Crippen molar-refractivity contribution < 1.29 is 14.6 Å². The third-order valence-electron chi connectivity index (χ3n) is 5.97. The number of nitrogens with two attached hydrogens (primary N) is 1. The van der Waals surface area contributed by atoms with Gasteiger partial charge in [0.1, 0.15) is 11.9 Å². The minimum atomic E-state index is -0.821. The highest BCUT2D eigenvalue weighted by atomic mass is 16.5. The number of aliphatic carboxylic acids is 1. The number of rotatable bonds is 6. The van der Waals surface area contributed by atoms with E-state index in [2.05, 4.69) is 35.3 Å². The molecule has 0 fully saturated rings. The van der Waals surface area contributed by atoms with E-state index < -0.39 is 5.97 Å². The second-order valence-electron chi connectivity index (χ2n) is 8.15. The first kappa shape index (κ1) is 19.2. The maximum atomic E-state index is 11.1. The summed E-state index contributed by atoms with van der Waals surface area (Å²) < 4.78 is 6.50. The van der Waals surface area contributed by atoms with E-state index in [0.717, 1.165) is 40.4 Å². The van der Waals surface area contributed by atoms with Gasteiger partial charge in [-0.1, -0.05) is 30.3 Å². The van der Waals surface area contributed by atoms with Gasteiger partial charge in [-0.2, -0.15) is 0 Å². The third-order valence-corrected chi connectivity index (χ3v) is 5.97. The van der Waals surface area contributed by atoms with Crippen LogP contribution in [0.1, 0.15) is 23.1 Å². The molecule has 4 N–H and O–H groups in total. The summed E-state index contributed by atoms with van der Waals surface area (Å²) in [6, 6.07) is 20.5. The summed E-state index contributed by atoms with van der Waals surface area (Å²) in [5, 5.41) is 10.2. The molecule has 1 heterocycles. The molecule has 0 saturated heterocycles. The first-order valence-electron chi connectivity index (χ1n) is 10.5. The lowest BCUT2D eigenvalue weighted by Crippen LogP contribution is -2.18. The van der Waals surface area contributed by atoms with Crippen molar-refractivity contribution in [1.82, 2.24) is 4.98 Å². The van der Waals surface area contributed by atoms with Crippen LogP contribution < -0.4 is 10.5 Å². The highest BCUT2D eigenvalue weighted by Crippen LogP contribution is 2.40. The van der Waals surface area contributed by atoms with Crippen LogP contribution in [0.5, 0.6) is 5.75 Å². The second kappa shape index (κ2) is 7.84. The highest BCUT2D eigenvalue weighted by molar-refractivity contribution is 5.88. The van der Waals surface area contributed by atoms with E-state index in [-0.39, 0.29) is 12.5 Å². The van der Waals surface area contributed by atoms with Gasteiger partial charge >= 0.3 is 5.97 Å². The Kier molecular flexibility index (Phi) is 4.86. The first-order chi connectivity index (χ1) is 15.1. The van der Waals surface area contributed by atoms with E-state index >= 15 is 0 Å². The minimum Gasteiger partial charge on any atom is -0.487 e. The number of aromatic nitrogens is 1. The summed E-state index contributed by atoms with van der Waals surface area (Å²) in [5.41, 5.74) is 13.5. The Morgan fingerprint density at radius 3 is 2.58 bits per heavy atom. The van der Waals surface area contributed by atoms with Gasteiger partial charge in [-0.05, 0) is 64.4 Å². The number of H-pyrrole nitrogens is 1. The fourth-order valence-electron chi connectivity index (χ4n) is 4.44. The fraction of sp³-hybridized carbons (Fsp3) is 0.192. The number of anilines is 1. The quantitative estimate of drug-likeness (QED) is 0.390. The van der Waals surface area contributed by atoms with Gasteiger partial charge in [0, 0.05) is 36.5 Å². The Morgan fingerprint density at radius 1 is 1.06 bits per heavy atom. The molecule has 1 aliphatic rings. The van der Waals surface area contributed by atoms with Crippen molar-refractivity contribution in [2.24, 2.45) is 0 Å². The van der Waals surface area contributed by atoms with E-state index in [1.165, 1.54) is 11.1 Å². The van der Waals surface area contributed by atoms with Crippen LogP contribution in [0, 0.1) is 0 Å². The molecule has 0 aliphatic heterocycles. The third kappa shape index (κ3) is 3.87. The van der Waals surface area contributed by atoms with Crippen LogP contribution in [-0.4, -0.2) is 22.2 Å². The van der Waals surface area contributed by atoms with Gasteiger partial charge in [-0.25, -0.2) is 0 Å². The molecule has 5 nitrogen and oxygen atoms in total. The molecule has 3 aromatic carbocycles. The van der Waals surface area contributed by atoms with Gasteiger partial charge in [0.25, 0.3) is 0 Å². The molecule has 5 rings (SSSR count). The van der Waals surface area contributed by atoms with Gasteiger partial charge in [-0.3, -0.25) is 4.79 Å². The largest absolute Gasteiger partial charge is 0.487 e. The summed E-state index contributed by atoms with van der Waals surface area (Å²) in [4.78, 5) is 14.3. The van der Waals surface area contributed by atoms with Gasteiger partial charge < -0.3 is 20.6 Å². The number of hydrogen-bond donors (Lipinski definition) is 3. The number of ether oxygens (including phenoxy) is 1. The molecule has 0 unspecified atom stereocenters. The van der Waals surface area contributed by atoms with E-state index in [0.29, 0.717) is 17.9 Å². The highest BCUT2D eigenvalue weighted by Gasteiger charge is 2.25. The van der Waals surface area contributed by atoms with Crippen LogP contribution in [0.2, 0.25) is 0 Å². The van der Waals surface area contributed by atoms with Crippen molar-refractivity contribution in [1.29, 1.82) is 0 Å². The lowest BCUT2D eigenvalue weighted by atomic mass is 9.97. The predicted octanol–water partition coefficient (Wildman–Crippen LogP) is 4.98. The molecule has 1 aromatic heterocycles. The molecular weight excluding hydrogens is 388 g/mol.